The van der Waals surface area contributed by atoms with Crippen LogP contribution in [0.5, 0.6) is 0 Å². The zero-order valence-electron chi connectivity index (χ0n) is 28.7. The second-order valence-electron chi connectivity index (χ2n) is 17.3. The van der Waals surface area contributed by atoms with E-state index in [0.29, 0.717) is 11.7 Å². The Hall–Kier alpha value is -1.78. The van der Waals surface area contributed by atoms with E-state index >= 15 is 0 Å². The van der Waals surface area contributed by atoms with Crippen LogP contribution < -0.4 is 0 Å². The Bertz CT molecular complexity index is 1370. The quantitative estimate of drug-likeness (QED) is 0.294. The average Bonchev–Trinajstić information content (AvgIpc) is 3.55. The highest BCUT2D eigenvalue weighted by molar-refractivity contribution is 5.95. The van der Waals surface area contributed by atoms with Gasteiger partial charge in [-0.15, -0.1) is 0 Å². The second-order valence-corrected chi connectivity index (χ2v) is 17.3. The lowest BCUT2D eigenvalue weighted by Gasteiger charge is -2.61. The van der Waals surface area contributed by atoms with Crippen molar-refractivity contribution in [2.45, 2.75) is 137 Å². The number of hydrogen-bond acceptors (Lipinski definition) is 9. The van der Waals surface area contributed by atoms with Crippen LogP contribution in [0.15, 0.2) is 23.5 Å². The SMILES string of the molecule is CC(=O)O[C@@H]1C[C@@]23C[C@@]24CC[C@H](O[C@@H]2OC[C@@H](O)[C@H](O)[C@H]2O)C(C)(C)[C@@H]4CC=C3[C@]2(C)C[C@@H]3OC(C(=O)C(C)C)=C[C@@H](C)[C@@H]3[C@@]12C. The van der Waals surface area contributed by atoms with Crippen molar-refractivity contribution in [3.63, 3.8) is 0 Å². The van der Waals surface area contributed by atoms with Crippen LogP contribution in [0.2, 0.25) is 0 Å². The maximum absolute atomic E-state index is 13.1. The maximum atomic E-state index is 13.1. The summed E-state index contributed by atoms with van der Waals surface area (Å²) in [5, 5.41) is 30.8. The largest absolute Gasteiger partial charge is 0.487 e. The summed E-state index contributed by atoms with van der Waals surface area (Å²) in [5.74, 6) is 0.648. The molecular weight excluding hydrogens is 588 g/mol. The van der Waals surface area contributed by atoms with Crippen LogP contribution in [0.1, 0.15) is 93.9 Å². The molecule has 2 aliphatic heterocycles. The van der Waals surface area contributed by atoms with E-state index in [9.17, 15) is 24.9 Å². The van der Waals surface area contributed by atoms with Gasteiger partial charge in [0.05, 0.1) is 12.7 Å². The molecule has 0 radical (unpaired) electrons. The summed E-state index contributed by atoms with van der Waals surface area (Å²) in [6, 6.07) is 0. The molecule has 14 atom stereocenters. The molecule has 5 fully saturated rings. The molecule has 9 heteroatoms. The summed E-state index contributed by atoms with van der Waals surface area (Å²) in [7, 11) is 0. The predicted molar refractivity (Wildman–Crippen MR) is 168 cm³/mol. The molecule has 9 nitrogen and oxygen atoms in total. The fourth-order valence-corrected chi connectivity index (χ4v) is 12.3. The number of ketones is 1. The molecule has 0 aromatic heterocycles. The lowest BCUT2D eigenvalue weighted by Crippen LogP contribution is -2.60. The first-order chi connectivity index (χ1) is 21.4. The third-order valence-electron chi connectivity index (χ3n) is 14.5. The number of fused-ring (bicyclic) bond motifs is 4. The Morgan fingerprint density at radius 1 is 1.04 bits per heavy atom. The second kappa shape index (κ2) is 10.4. The topological polar surface area (TPSA) is 132 Å². The molecule has 256 valence electrons. The molecule has 0 bridgehead atoms. The fourth-order valence-electron chi connectivity index (χ4n) is 12.3. The van der Waals surface area contributed by atoms with Gasteiger partial charge in [0.1, 0.15) is 30.5 Å². The number of ether oxygens (including phenoxy) is 4. The number of esters is 1. The number of aliphatic hydroxyl groups is 3. The number of aliphatic hydroxyl groups excluding tert-OH is 3. The molecule has 4 saturated carbocycles. The Labute approximate surface area is 273 Å². The Kier molecular flexibility index (Phi) is 7.38. The molecule has 2 heterocycles. The molecule has 5 aliphatic carbocycles. The number of Topliss-reactive ketones (excluding diaryl/α,β-unsaturated/α-hetero) is 1. The highest BCUT2D eigenvalue weighted by atomic mass is 16.7. The van der Waals surface area contributed by atoms with Gasteiger partial charge in [-0.1, -0.05) is 60.1 Å². The summed E-state index contributed by atoms with van der Waals surface area (Å²) in [6.07, 6.45) is 4.42. The first kappa shape index (κ1) is 32.8. The average molecular weight is 643 g/mol. The standard InChI is InChI=1S/C37H54O9/c1-18(2)29(40)22-13-19(3)28-23(45-22)14-34(7)25-10-9-24-33(5,6)26(46-32-31(42)30(41)21(39)16-43-32)11-12-36(24)17-37(25,36)15-27(35(28,34)8)44-20(4)38/h10,13,18-19,21,23-24,26-28,30-32,39,41-42H,9,11-12,14-17H2,1-8H3/t19-,21-,23+,24+,26+,27-,28+,30+,31-,32+,34+,35-,36-,37+/m1/s1. The van der Waals surface area contributed by atoms with Gasteiger partial charge in [-0.05, 0) is 67.3 Å². The summed E-state index contributed by atoms with van der Waals surface area (Å²) >= 11 is 0. The van der Waals surface area contributed by atoms with Gasteiger partial charge in [0.2, 0.25) is 0 Å². The van der Waals surface area contributed by atoms with E-state index in [0.717, 1.165) is 38.5 Å². The Morgan fingerprint density at radius 3 is 2.43 bits per heavy atom. The Morgan fingerprint density at radius 2 is 1.76 bits per heavy atom. The molecule has 7 rings (SSSR count). The van der Waals surface area contributed by atoms with Gasteiger partial charge in [-0.25, -0.2) is 0 Å². The van der Waals surface area contributed by atoms with Gasteiger partial charge in [0.15, 0.2) is 17.8 Å². The van der Waals surface area contributed by atoms with Crippen LogP contribution in [0.4, 0.5) is 0 Å². The minimum absolute atomic E-state index is 0.0438. The smallest absolute Gasteiger partial charge is 0.302 e. The summed E-state index contributed by atoms with van der Waals surface area (Å²) in [4.78, 5) is 25.9. The van der Waals surface area contributed by atoms with Gasteiger partial charge in [0.25, 0.3) is 0 Å². The van der Waals surface area contributed by atoms with E-state index < -0.39 is 24.6 Å². The van der Waals surface area contributed by atoms with Crippen LogP contribution in [-0.4, -0.2) is 76.6 Å². The molecule has 0 unspecified atom stereocenters. The molecule has 1 saturated heterocycles. The number of hydrogen-bond donors (Lipinski definition) is 3. The van der Waals surface area contributed by atoms with Crippen molar-refractivity contribution in [3.8, 4) is 0 Å². The Balaban J connectivity index is 1.23. The van der Waals surface area contributed by atoms with Gasteiger partial charge >= 0.3 is 5.97 Å². The van der Waals surface area contributed by atoms with Crippen LogP contribution in [0, 0.1) is 50.7 Å². The number of carbonyl (C=O) groups excluding carboxylic acids is 2. The van der Waals surface area contributed by atoms with E-state index in [1.54, 1.807) is 0 Å². The monoisotopic (exact) mass is 642 g/mol. The molecule has 2 spiro atoms. The normalized spacial score (nSPS) is 51.7. The summed E-state index contributed by atoms with van der Waals surface area (Å²) in [5.41, 5.74) is 0.555. The van der Waals surface area contributed by atoms with Crippen LogP contribution in [0.25, 0.3) is 0 Å². The number of carbonyl (C=O) groups is 2. The highest BCUT2D eigenvalue weighted by Crippen LogP contribution is 2.88. The molecule has 3 N–H and O–H groups in total. The van der Waals surface area contributed by atoms with E-state index in [4.69, 9.17) is 18.9 Å². The van der Waals surface area contributed by atoms with Crippen LogP contribution in [-0.2, 0) is 28.5 Å². The molecular formula is C37H54O9. The first-order valence-corrected chi connectivity index (χ1v) is 17.6. The van der Waals surface area contributed by atoms with Gasteiger partial charge in [-0.2, -0.15) is 0 Å². The van der Waals surface area contributed by atoms with Crippen LogP contribution >= 0.6 is 0 Å². The minimum atomic E-state index is -1.32. The van der Waals surface area contributed by atoms with Gasteiger partial charge in [-0.3, -0.25) is 9.59 Å². The van der Waals surface area contributed by atoms with Crippen molar-refractivity contribution in [1.29, 1.82) is 0 Å². The lowest BCUT2D eigenvalue weighted by molar-refractivity contribution is -0.300. The molecule has 7 aliphatic rings. The predicted octanol–water partition coefficient (Wildman–Crippen LogP) is 4.47. The minimum Gasteiger partial charge on any atom is -0.487 e. The van der Waals surface area contributed by atoms with Crippen molar-refractivity contribution in [1.82, 2.24) is 0 Å². The van der Waals surface area contributed by atoms with Crippen molar-refractivity contribution >= 4 is 11.8 Å². The van der Waals surface area contributed by atoms with Gasteiger partial charge in [0, 0.05) is 35.0 Å². The first-order valence-electron chi connectivity index (χ1n) is 17.6. The van der Waals surface area contributed by atoms with Crippen molar-refractivity contribution < 1.29 is 43.9 Å². The third-order valence-corrected chi connectivity index (χ3v) is 14.5. The molecule has 46 heavy (non-hydrogen) atoms. The van der Waals surface area contributed by atoms with Crippen LogP contribution in [0.3, 0.4) is 0 Å². The number of rotatable bonds is 5. The zero-order chi connectivity index (χ0) is 33.4. The van der Waals surface area contributed by atoms with E-state index in [2.05, 4.69) is 40.7 Å². The molecule has 0 aromatic rings. The number of allylic oxidation sites excluding steroid dienone is 4. The van der Waals surface area contributed by atoms with Crippen molar-refractivity contribution in [2.75, 3.05) is 6.61 Å². The van der Waals surface area contributed by atoms with Crippen molar-refractivity contribution in [2.24, 2.45) is 50.7 Å². The summed E-state index contributed by atoms with van der Waals surface area (Å²) < 4.78 is 25.1. The zero-order valence-corrected chi connectivity index (χ0v) is 28.7. The van der Waals surface area contributed by atoms with E-state index in [1.165, 1.54) is 12.5 Å². The third kappa shape index (κ3) is 4.10. The lowest BCUT2D eigenvalue weighted by atomic mass is 9.44. The molecule has 0 aromatic carbocycles. The molecule has 0 amide bonds. The van der Waals surface area contributed by atoms with Gasteiger partial charge < -0.3 is 34.3 Å². The highest BCUT2D eigenvalue weighted by Gasteiger charge is 2.83. The van der Waals surface area contributed by atoms with E-state index in [1.807, 2.05) is 19.9 Å². The summed E-state index contributed by atoms with van der Waals surface area (Å²) in [6.45, 7) is 16.7. The van der Waals surface area contributed by atoms with Crippen molar-refractivity contribution in [3.05, 3.63) is 23.5 Å². The fraction of sp³-hybridized carbons (Fsp3) is 0.838. The van der Waals surface area contributed by atoms with E-state index in [-0.39, 0.29) is 81.5 Å². The maximum Gasteiger partial charge on any atom is 0.302 e.